The average Bonchev–Trinajstić information content (AvgIpc) is 2.65. The third-order valence-electron chi connectivity index (χ3n) is 5.55. The normalized spacial score (nSPS) is 21.1. The van der Waals surface area contributed by atoms with Crippen molar-refractivity contribution in [3.05, 3.63) is 35.4 Å². The van der Waals surface area contributed by atoms with Gasteiger partial charge in [0.05, 0.1) is 19.3 Å². The van der Waals surface area contributed by atoms with E-state index in [1.807, 2.05) is 4.90 Å². The van der Waals surface area contributed by atoms with Crippen LogP contribution in [0.1, 0.15) is 36.9 Å². The van der Waals surface area contributed by atoms with Gasteiger partial charge in [-0.05, 0) is 49.9 Å². The van der Waals surface area contributed by atoms with Crippen LogP contribution in [0.25, 0.3) is 0 Å². The standard InChI is InChI=1S/C20H31N3O2/c1-16-7-9-22(10-8-16)19(18-6-4-3-5-17(18)2)15-21-20(24)23-11-13-25-14-12-23/h3-6,16,19H,7-15H2,1-2H3,(H,21,24). The van der Waals surface area contributed by atoms with Crippen LogP contribution in [-0.4, -0.2) is 61.8 Å². The number of rotatable bonds is 4. The maximum Gasteiger partial charge on any atom is 0.317 e. The minimum absolute atomic E-state index is 0.0345. The van der Waals surface area contributed by atoms with E-state index in [2.05, 4.69) is 48.3 Å². The Morgan fingerprint density at radius 2 is 1.88 bits per heavy atom. The van der Waals surface area contributed by atoms with Gasteiger partial charge in [-0.2, -0.15) is 0 Å². The Kier molecular flexibility index (Phi) is 6.32. The topological polar surface area (TPSA) is 44.8 Å². The van der Waals surface area contributed by atoms with Gasteiger partial charge in [-0.25, -0.2) is 4.79 Å². The van der Waals surface area contributed by atoms with E-state index in [9.17, 15) is 4.79 Å². The quantitative estimate of drug-likeness (QED) is 0.913. The molecule has 2 fully saturated rings. The highest BCUT2D eigenvalue weighted by atomic mass is 16.5. The molecular formula is C20H31N3O2. The van der Waals surface area contributed by atoms with E-state index in [0.29, 0.717) is 32.8 Å². The lowest BCUT2D eigenvalue weighted by atomic mass is 9.94. The first-order valence-corrected chi connectivity index (χ1v) is 9.55. The number of carbonyl (C=O) groups is 1. The van der Waals surface area contributed by atoms with E-state index in [-0.39, 0.29) is 12.1 Å². The number of aryl methyl sites for hydroxylation is 1. The zero-order chi connectivity index (χ0) is 17.6. The fourth-order valence-electron chi connectivity index (χ4n) is 3.80. The molecule has 1 aromatic rings. The molecule has 1 unspecified atom stereocenters. The fourth-order valence-corrected chi connectivity index (χ4v) is 3.80. The van der Waals surface area contributed by atoms with E-state index < -0.39 is 0 Å². The Labute approximate surface area is 151 Å². The van der Waals surface area contributed by atoms with E-state index in [1.54, 1.807) is 0 Å². The van der Waals surface area contributed by atoms with Crippen LogP contribution >= 0.6 is 0 Å². The smallest absolute Gasteiger partial charge is 0.317 e. The minimum Gasteiger partial charge on any atom is -0.378 e. The van der Waals surface area contributed by atoms with E-state index >= 15 is 0 Å². The molecule has 0 saturated carbocycles. The Hall–Kier alpha value is -1.59. The molecule has 2 aliphatic heterocycles. The summed E-state index contributed by atoms with van der Waals surface area (Å²) in [5.74, 6) is 0.803. The molecule has 0 radical (unpaired) electrons. The number of hydrogen-bond acceptors (Lipinski definition) is 3. The van der Waals surface area contributed by atoms with Crippen LogP contribution in [0.3, 0.4) is 0 Å². The summed E-state index contributed by atoms with van der Waals surface area (Å²) in [6.45, 7) is 10.0. The lowest BCUT2D eigenvalue weighted by Crippen LogP contribution is -2.49. The van der Waals surface area contributed by atoms with Crippen LogP contribution in [0.2, 0.25) is 0 Å². The predicted molar refractivity (Wildman–Crippen MR) is 99.7 cm³/mol. The molecule has 0 bridgehead atoms. The first kappa shape index (κ1) is 18.2. The van der Waals surface area contributed by atoms with Crippen molar-refractivity contribution in [2.75, 3.05) is 45.9 Å². The second-order valence-electron chi connectivity index (χ2n) is 7.38. The maximum absolute atomic E-state index is 12.5. The molecule has 5 nitrogen and oxygen atoms in total. The van der Waals surface area contributed by atoms with Gasteiger partial charge in [0.2, 0.25) is 0 Å². The molecule has 0 aromatic heterocycles. The highest BCUT2D eigenvalue weighted by Crippen LogP contribution is 2.28. The van der Waals surface area contributed by atoms with Crippen LogP contribution < -0.4 is 5.32 Å². The second kappa shape index (κ2) is 8.68. The Bertz CT molecular complexity index is 564. The van der Waals surface area contributed by atoms with Crippen LogP contribution in [0.15, 0.2) is 24.3 Å². The molecule has 25 heavy (non-hydrogen) atoms. The van der Waals surface area contributed by atoms with Gasteiger partial charge in [-0.15, -0.1) is 0 Å². The van der Waals surface area contributed by atoms with E-state index in [1.165, 1.54) is 24.0 Å². The number of piperidine rings is 1. The van der Waals surface area contributed by atoms with Gasteiger partial charge in [0.1, 0.15) is 0 Å². The molecule has 2 amide bonds. The molecule has 2 heterocycles. The SMILES string of the molecule is Cc1ccccc1C(CNC(=O)N1CCOCC1)N1CCC(C)CC1. The van der Waals surface area contributed by atoms with Crippen LogP contribution in [0.4, 0.5) is 4.79 Å². The number of hydrogen-bond donors (Lipinski definition) is 1. The summed E-state index contributed by atoms with van der Waals surface area (Å²) >= 11 is 0. The van der Waals surface area contributed by atoms with Gasteiger partial charge in [0.25, 0.3) is 0 Å². The molecule has 5 heteroatoms. The molecule has 0 spiro atoms. The number of carbonyl (C=O) groups excluding carboxylic acids is 1. The Balaban J connectivity index is 1.68. The van der Waals surface area contributed by atoms with Crippen molar-refractivity contribution >= 4 is 6.03 Å². The van der Waals surface area contributed by atoms with Gasteiger partial charge < -0.3 is 15.0 Å². The number of nitrogens with one attached hydrogen (secondary N) is 1. The third kappa shape index (κ3) is 4.73. The van der Waals surface area contributed by atoms with Gasteiger partial charge in [-0.3, -0.25) is 4.90 Å². The fraction of sp³-hybridized carbons (Fsp3) is 0.650. The van der Waals surface area contributed by atoms with Crippen molar-refractivity contribution < 1.29 is 9.53 Å². The Morgan fingerprint density at radius 1 is 1.20 bits per heavy atom. The van der Waals surface area contributed by atoms with Crippen molar-refractivity contribution in [1.82, 2.24) is 15.1 Å². The summed E-state index contributed by atoms with van der Waals surface area (Å²) in [5, 5.41) is 3.18. The summed E-state index contributed by atoms with van der Waals surface area (Å²) in [7, 11) is 0. The van der Waals surface area contributed by atoms with Crippen molar-refractivity contribution in [3.63, 3.8) is 0 Å². The minimum atomic E-state index is 0.0345. The molecule has 1 aromatic carbocycles. The number of urea groups is 1. The number of amides is 2. The number of ether oxygens (including phenoxy) is 1. The second-order valence-corrected chi connectivity index (χ2v) is 7.38. The molecular weight excluding hydrogens is 314 g/mol. The number of benzene rings is 1. The first-order valence-electron chi connectivity index (χ1n) is 9.55. The molecule has 2 aliphatic rings. The first-order chi connectivity index (χ1) is 12.1. The van der Waals surface area contributed by atoms with Crippen LogP contribution in [0.5, 0.6) is 0 Å². The number of likely N-dealkylation sites (tertiary alicyclic amines) is 1. The molecule has 138 valence electrons. The summed E-state index contributed by atoms with van der Waals surface area (Å²) < 4.78 is 5.34. The molecule has 2 saturated heterocycles. The maximum atomic E-state index is 12.5. The Morgan fingerprint density at radius 3 is 2.56 bits per heavy atom. The van der Waals surface area contributed by atoms with Crippen molar-refractivity contribution in [2.45, 2.75) is 32.7 Å². The highest BCUT2D eigenvalue weighted by Gasteiger charge is 2.27. The predicted octanol–water partition coefficient (Wildman–Crippen LogP) is 2.81. The third-order valence-corrected chi connectivity index (χ3v) is 5.55. The van der Waals surface area contributed by atoms with E-state index in [0.717, 1.165) is 19.0 Å². The monoisotopic (exact) mass is 345 g/mol. The van der Waals surface area contributed by atoms with Crippen molar-refractivity contribution in [1.29, 1.82) is 0 Å². The summed E-state index contributed by atoms with van der Waals surface area (Å²) in [6, 6.07) is 8.84. The molecule has 0 aliphatic carbocycles. The summed E-state index contributed by atoms with van der Waals surface area (Å²) in [6.07, 6.45) is 2.47. The highest BCUT2D eigenvalue weighted by molar-refractivity contribution is 5.74. The van der Waals surface area contributed by atoms with E-state index in [4.69, 9.17) is 4.74 Å². The van der Waals surface area contributed by atoms with Crippen LogP contribution in [-0.2, 0) is 4.74 Å². The average molecular weight is 345 g/mol. The zero-order valence-corrected chi connectivity index (χ0v) is 15.5. The largest absolute Gasteiger partial charge is 0.378 e. The number of morpholine rings is 1. The van der Waals surface area contributed by atoms with Gasteiger partial charge >= 0.3 is 6.03 Å². The number of nitrogens with zero attached hydrogens (tertiary/aromatic N) is 2. The van der Waals surface area contributed by atoms with Gasteiger partial charge in [-0.1, -0.05) is 31.2 Å². The lowest BCUT2D eigenvalue weighted by Gasteiger charge is -2.38. The van der Waals surface area contributed by atoms with Gasteiger partial charge in [0.15, 0.2) is 0 Å². The van der Waals surface area contributed by atoms with Crippen molar-refractivity contribution in [3.8, 4) is 0 Å². The van der Waals surface area contributed by atoms with Gasteiger partial charge in [0, 0.05) is 19.6 Å². The summed E-state index contributed by atoms with van der Waals surface area (Å²) in [4.78, 5) is 16.9. The lowest BCUT2D eigenvalue weighted by molar-refractivity contribution is 0.0522. The van der Waals surface area contributed by atoms with Crippen LogP contribution in [0, 0.1) is 12.8 Å². The summed E-state index contributed by atoms with van der Waals surface area (Å²) in [5.41, 5.74) is 2.63. The molecule has 1 N–H and O–H groups in total. The molecule has 3 rings (SSSR count). The molecule has 1 atom stereocenters. The zero-order valence-electron chi connectivity index (χ0n) is 15.5. The van der Waals surface area contributed by atoms with Crippen molar-refractivity contribution in [2.24, 2.45) is 5.92 Å².